The van der Waals surface area contributed by atoms with E-state index in [-0.39, 0.29) is 23.8 Å². The molecule has 0 aliphatic carbocycles. The molecule has 33 heavy (non-hydrogen) atoms. The molecule has 1 unspecified atom stereocenters. The van der Waals surface area contributed by atoms with E-state index < -0.39 is 11.9 Å². The standard InChI is InChI=1S/C27H34O6/c1-16-13-17(2)23(18(3)14-16)24-25(33-22(29)15-27(4,5)6)20(32-26(24)30)10-8-7-9-19-11-12-21(28)31-19/h11,13-14,24H,7-10,12,15H2,1-6H3. The number of esters is 3. The van der Waals surface area contributed by atoms with Crippen molar-refractivity contribution in [3.8, 4) is 0 Å². The molecule has 0 radical (unpaired) electrons. The van der Waals surface area contributed by atoms with Crippen molar-refractivity contribution < 1.29 is 28.6 Å². The van der Waals surface area contributed by atoms with Gasteiger partial charge in [0.2, 0.25) is 0 Å². The molecule has 1 aromatic rings. The number of cyclic esters (lactones) is 2. The lowest BCUT2D eigenvalue weighted by Crippen LogP contribution is -2.19. The number of carbonyl (C=O) groups is 3. The predicted octanol–water partition coefficient (Wildman–Crippen LogP) is 5.83. The Balaban J connectivity index is 1.83. The lowest BCUT2D eigenvalue weighted by atomic mass is 9.88. The zero-order valence-electron chi connectivity index (χ0n) is 20.5. The quantitative estimate of drug-likeness (QED) is 0.279. The zero-order valence-corrected chi connectivity index (χ0v) is 20.5. The average molecular weight is 455 g/mol. The highest BCUT2D eigenvalue weighted by Gasteiger charge is 2.41. The van der Waals surface area contributed by atoms with Crippen LogP contribution < -0.4 is 0 Å². The Morgan fingerprint density at radius 2 is 1.67 bits per heavy atom. The highest BCUT2D eigenvalue weighted by atomic mass is 16.6. The lowest BCUT2D eigenvalue weighted by molar-refractivity contribution is -0.142. The molecule has 0 amide bonds. The summed E-state index contributed by atoms with van der Waals surface area (Å²) in [5.74, 6) is -0.326. The second-order valence-electron chi connectivity index (χ2n) is 10.2. The minimum atomic E-state index is -0.747. The highest BCUT2D eigenvalue weighted by Crippen LogP contribution is 2.41. The van der Waals surface area contributed by atoms with Gasteiger partial charge in [-0.1, -0.05) is 38.5 Å². The van der Waals surface area contributed by atoms with Gasteiger partial charge in [-0.25, -0.2) is 0 Å². The summed E-state index contributed by atoms with van der Waals surface area (Å²) in [7, 11) is 0. The Labute approximate surface area is 196 Å². The van der Waals surface area contributed by atoms with Gasteiger partial charge in [0, 0.05) is 12.8 Å². The zero-order chi connectivity index (χ0) is 24.3. The number of rotatable bonds is 8. The van der Waals surface area contributed by atoms with E-state index in [1.165, 1.54) is 0 Å². The Morgan fingerprint density at radius 3 is 2.24 bits per heavy atom. The minimum Gasteiger partial charge on any atom is -0.431 e. The first-order valence-corrected chi connectivity index (χ1v) is 11.6. The number of aryl methyl sites for hydroxylation is 3. The van der Waals surface area contributed by atoms with E-state index in [0.29, 0.717) is 43.0 Å². The molecule has 3 rings (SSSR count). The third-order valence-corrected chi connectivity index (χ3v) is 5.74. The molecule has 0 spiro atoms. The molecular weight excluding hydrogens is 420 g/mol. The van der Waals surface area contributed by atoms with Gasteiger partial charge in [-0.3, -0.25) is 14.4 Å². The summed E-state index contributed by atoms with van der Waals surface area (Å²) in [6.07, 6.45) is 4.93. The smallest absolute Gasteiger partial charge is 0.326 e. The van der Waals surface area contributed by atoms with Crippen molar-refractivity contribution in [2.75, 3.05) is 0 Å². The maximum atomic E-state index is 13.0. The SMILES string of the molecule is Cc1cc(C)c(C2C(=O)OC(CCCCC3=CCC(=O)O3)=C2OC(=O)CC(C)(C)C)c(C)c1. The van der Waals surface area contributed by atoms with Gasteiger partial charge in [0.1, 0.15) is 17.4 Å². The van der Waals surface area contributed by atoms with Crippen molar-refractivity contribution in [3.63, 3.8) is 0 Å². The van der Waals surface area contributed by atoms with Crippen LogP contribution in [0.15, 0.2) is 35.5 Å². The molecular formula is C27H34O6. The van der Waals surface area contributed by atoms with Crippen LogP contribution >= 0.6 is 0 Å². The van der Waals surface area contributed by atoms with Crippen LogP contribution in [-0.2, 0) is 28.6 Å². The van der Waals surface area contributed by atoms with Crippen LogP contribution in [0, 0.1) is 26.2 Å². The predicted molar refractivity (Wildman–Crippen MR) is 124 cm³/mol. The van der Waals surface area contributed by atoms with E-state index in [1.807, 2.05) is 53.7 Å². The van der Waals surface area contributed by atoms with Crippen molar-refractivity contribution in [3.05, 3.63) is 57.7 Å². The van der Waals surface area contributed by atoms with Gasteiger partial charge in [-0.15, -0.1) is 0 Å². The Kier molecular flexibility index (Phi) is 7.45. The molecule has 6 heteroatoms. The van der Waals surface area contributed by atoms with Crippen LogP contribution in [0.25, 0.3) is 0 Å². The van der Waals surface area contributed by atoms with Crippen molar-refractivity contribution >= 4 is 17.9 Å². The normalized spacial score (nSPS) is 18.4. The molecule has 0 aromatic heterocycles. The second kappa shape index (κ2) is 9.94. The second-order valence-corrected chi connectivity index (χ2v) is 10.2. The van der Waals surface area contributed by atoms with Crippen LogP contribution in [0.4, 0.5) is 0 Å². The molecule has 0 fully saturated rings. The van der Waals surface area contributed by atoms with Crippen LogP contribution in [0.1, 0.15) is 87.5 Å². The minimum absolute atomic E-state index is 0.225. The van der Waals surface area contributed by atoms with Crippen LogP contribution in [-0.4, -0.2) is 17.9 Å². The summed E-state index contributed by atoms with van der Waals surface area (Å²) in [5.41, 5.74) is 3.64. The van der Waals surface area contributed by atoms with Gasteiger partial charge in [0.05, 0.1) is 12.8 Å². The van der Waals surface area contributed by atoms with Crippen molar-refractivity contribution in [1.29, 1.82) is 0 Å². The summed E-state index contributed by atoms with van der Waals surface area (Å²) in [4.78, 5) is 37.0. The maximum absolute atomic E-state index is 13.0. The largest absolute Gasteiger partial charge is 0.431 e. The summed E-state index contributed by atoms with van der Waals surface area (Å²) < 4.78 is 16.6. The Hall–Kier alpha value is -2.89. The van der Waals surface area contributed by atoms with Gasteiger partial charge in [0.25, 0.3) is 0 Å². The van der Waals surface area contributed by atoms with Crippen LogP contribution in [0.5, 0.6) is 0 Å². The summed E-state index contributed by atoms with van der Waals surface area (Å²) in [5, 5.41) is 0. The number of hydrogen-bond donors (Lipinski definition) is 0. The first-order chi connectivity index (χ1) is 15.4. The van der Waals surface area contributed by atoms with Gasteiger partial charge >= 0.3 is 17.9 Å². The van der Waals surface area contributed by atoms with Crippen LogP contribution in [0.3, 0.4) is 0 Å². The van der Waals surface area contributed by atoms with Crippen molar-refractivity contribution in [1.82, 2.24) is 0 Å². The Bertz CT molecular complexity index is 999. The number of benzene rings is 1. The number of ether oxygens (including phenoxy) is 3. The summed E-state index contributed by atoms with van der Waals surface area (Å²) in [6.45, 7) is 11.8. The number of hydrogen-bond acceptors (Lipinski definition) is 6. The van der Waals surface area contributed by atoms with Crippen LogP contribution in [0.2, 0.25) is 0 Å². The molecule has 2 heterocycles. The van der Waals surface area contributed by atoms with E-state index >= 15 is 0 Å². The molecule has 1 atom stereocenters. The van der Waals surface area contributed by atoms with E-state index in [4.69, 9.17) is 14.2 Å². The van der Waals surface area contributed by atoms with Crippen molar-refractivity contribution in [2.24, 2.45) is 5.41 Å². The van der Waals surface area contributed by atoms with E-state index in [9.17, 15) is 14.4 Å². The van der Waals surface area contributed by atoms with Gasteiger partial charge in [-0.05, 0) is 61.8 Å². The number of unbranched alkanes of at least 4 members (excludes halogenated alkanes) is 1. The summed E-state index contributed by atoms with van der Waals surface area (Å²) in [6, 6.07) is 4.05. The molecule has 0 bridgehead atoms. The fourth-order valence-electron chi connectivity index (χ4n) is 4.44. The molecule has 178 valence electrons. The average Bonchev–Trinajstić information content (AvgIpc) is 3.21. The molecule has 6 nitrogen and oxygen atoms in total. The van der Waals surface area contributed by atoms with E-state index in [1.54, 1.807) is 6.08 Å². The molecule has 0 saturated carbocycles. The first-order valence-electron chi connectivity index (χ1n) is 11.6. The third kappa shape index (κ3) is 6.34. The van der Waals surface area contributed by atoms with E-state index in [0.717, 1.165) is 28.7 Å². The highest BCUT2D eigenvalue weighted by molar-refractivity contribution is 5.87. The number of allylic oxidation sites excluding steroid dienone is 2. The molecule has 1 aromatic carbocycles. The topological polar surface area (TPSA) is 78.9 Å². The molecule has 2 aliphatic heterocycles. The number of carbonyl (C=O) groups excluding carboxylic acids is 3. The molecule has 2 aliphatic rings. The van der Waals surface area contributed by atoms with E-state index in [2.05, 4.69) is 0 Å². The van der Waals surface area contributed by atoms with Crippen molar-refractivity contribution in [2.45, 2.75) is 86.0 Å². The van der Waals surface area contributed by atoms with Gasteiger partial charge < -0.3 is 14.2 Å². The monoisotopic (exact) mass is 454 g/mol. The van der Waals surface area contributed by atoms with Gasteiger partial charge in [0.15, 0.2) is 5.76 Å². The first kappa shape index (κ1) is 24.7. The third-order valence-electron chi connectivity index (χ3n) is 5.74. The fourth-order valence-corrected chi connectivity index (χ4v) is 4.44. The lowest BCUT2D eigenvalue weighted by Gasteiger charge is -2.20. The summed E-state index contributed by atoms with van der Waals surface area (Å²) >= 11 is 0. The van der Waals surface area contributed by atoms with Gasteiger partial charge in [-0.2, -0.15) is 0 Å². The maximum Gasteiger partial charge on any atom is 0.326 e. The molecule has 0 saturated heterocycles. The molecule has 0 N–H and O–H groups in total. The Morgan fingerprint density at radius 1 is 1.03 bits per heavy atom. The fraction of sp³-hybridized carbons (Fsp3) is 0.519.